The third-order valence-corrected chi connectivity index (χ3v) is 4.05. The second-order valence-corrected chi connectivity index (χ2v) is 6.39. The molecule has 0 atom stereocenters. The molecule has 0 spiro atoms. The highest BCUT2D eigenvalue weighted by Crippen LogP contribution is 2.28. The van der Waals surface area contributed by atoms with Crippen molar-refractivity contribution in [3.63, 3.8) is 0 Å². The predicted octanol–water partition coefficient (Wildman–Crippen LogP) is 5.19. The van der Waals surface area contributed by atoms with E-state index < -0.39 is 0 Å². The summed E-state index contributed by atoms with van der Waals surface area (Å²) in [5.74, 6) is 0.252. The van der Waals surface area contributed by atoms with E-state index in [-0.39, 0.29) is 5.97 Å². The van der Waals surface area contributed by atoms with Crippen molar-refractivity contribution >= 4 is 49.7 Å². The molecule has 0 bridgehead atoms. The van der Waals surface area contributed by atoms with Crippen molar-refractivity contribution in [1.82, 2.24) is 0 Å². The maximum Gasteiger partial charge on any atom is 0.343 e. The number of esters is 1. The minimum atomic E-state index is -0.326. The van der Waals surface area contributed by atoms with Crippen LogP contribution >= 0.6 is 31.9 Å². The second-order valence-electron chi connectivity index (χ2n) is 4.56. The summed E-state index contributed by atoms with van der Waals surface area (Å²) in [6.45, 7) is 0. The van der Waals surface area contributed by atoms with Gasteiger partial charge in [0.2, 0.25) is 0 Å². The van der Waals surface area contributed by atoms with Crippen LogP contribution in [0.15, 0.2) is 69.1 Å². The minimum absolute atomic E-state index is 0.326. The van der Waals surface area contributed by atoms with Gasteiger partial charge in [-0.2, -0.15) is 0 Å². The third-order valence-electron chi connectivity index (χ3n) is 3.02. The Labute approximate surface area is 139 Å². The van der Waals surface area contributed by atoms with Crippen molar-refractivity contribution < 1.29 is 9.53 Å². The van der Waals surface area contributed by atoms with Crippen LogP contribution in [0.5, 0.6) is 0 Å². The highest BCUT2D eigenvalue weighted by atomic mass is 79.9. The fourth-order valence-corrected chi connectivity index (χ4v) is 2.70. The number of ether oxygens (including phenoxy) is 1. The first-order chi connectivity index (χ1) is 10.1. The summed E-state index contributed by atoms with van der Waals surface area (Å²) in [6.07, 6.45) is 3.59. The molecule has 0 unspecified atom stereocenters. The van der Waals surface area contributed by atoms with Crippen molar-refractivity contribution in [3.8, 4) is 0 Å². The topological polar surface area (TPSA) is 26.3 Å². The van der Waals surface area contributed by atoms with Gasteiger partial charge in [-0.15, -0.1) is 0 Å². The number of cyclic esters (lactones) is 1. The molecule has 0 N–H and O–H groups in total. The lowest BCUT2D eigenvalue weighted by Gasteiger charge is -2.01. The highest BCUT2D eigenvalue weighted by Gasteiger charge is 2.21. The Morgan fingerprint density at radius 1 is 0.952 bits per heavy atom. The molecule has 21 heavy (non-hydrogen) atoms. The third kappa shape index (κ3) is 3.34. The number of halogens is 2. The predicted molar refractivity (Wildman–Crippen MR) is 90.3 cm³/mol. The fraction of sp³-hybridized carbons (Fsp3) is 0. The first-order valence-electron chi connectivity index (χ1n) is 6.29. The summed E-state index contributed by atoms with van der Waals surface area (Å²) >= 11 is 6.80. The molecule has 4 heteroatoms. The van der Waals surface area contributed by atoms with Crippen LogP contribution in [-0.4, -0.2) is 5.97 Å². The monoisotopic (exact) mass is 404 g/mol. The van der Waals surface area contributed by atoms with Crippen molar-refractivity contribution in [3.05, 3.63) is 80.3 Å². The highest BCUT2D eigenvalue weighted by molar-refractivity contribution is 9.10. The number of hydrogen-bond acceptors (Lipinski definition) is 2. The number of hydrogen-bond donors (Lipinski definition) is 0. The number of rotatable bonds is 2. The SMILES string of the molecule is O=C1OC(c2ccc(Br)cc2)=C/C1=C/c1cccc(Br)c1. The van der Waals surface area contributed by atoms with Crippen LogP contribution in [0.4, 0.5) is 0 Å². The van der Waals surface area contributed by atoms with E-state index in [1.807, 2.05) is 54.6 Å². The van der Waals surface area contributed by atoms with E-state index in [2.05, 4.69) is 31.9 Å². The Hall–Kier alpha value is -1.65. The molecule has 2 aromatic rings. The van der Waals surface area contributed by atoms with Gasteiger partial charge in [0.25, 0.3) is 0 Å². The lowest BCUT2D eigenvalue weighted by molar-refractivity contribution is -0.130. The molecule has 1 heterocycles. The molecule has 0 amide bonds. The zero-order chi connectivity index (χ0) is 14.8. The molecular weight excluding hydrogens is 396 g/mol. The Bertz CT molecular complexity index is 759. The average Bonchev–Trinajstić information content (AvgIpc) is 2.81. The molecule has 0 aliphatic carbocycles. The van der Waals surface area contributed by atoms with Crippen LogP contribution in [0, 0.1) is 0 Å². The van der Waals surface area contributed by atoms with Gasteiger partial charge in [0.1, 0.15) is 5.76 Å². The number of benzene rings is 2. The Morgan fingerprint density at radius 2 is 1.71 bits per heavy atom. The van der Waals surface area contributed by atoms with Crippen LogP contribution in [-0.2, 0) is 9.53 Å². The van der Waals surface area contributed by atoms with E-state index in [0.717, 1.165) is 20.1 Å². The Kier molecular flexibility index (Phi) is 4.08. The van der Waals surface area contributed by atoms with Gasteiger partial charge in [0.15, 0.2) is 0 Å². The molecule has 0 saturated heterocycles. The molecule has 0 aromatic heterocycles. The number of carbonyl (C=O) groups excluding carboxylic acids is 1. The van der Waals surface area contributed by atoms with Gasteiger partial charge in [0, 0.05) is 14.5 Å². The lowest BCUT2D eigenvalue weighted by Crippen LogP contribution is -1.97. The number of carbonyl (C=O) groups is 1. The van der Waals surface area contributed by atoms with Gasteiger partial charge >= 0.3 is 5.97 Å². The summed E-state index contributed by atoms with van der Waals surface area (Å²) in [6, 6.07) is 15.4. The standard InChI is InChI=1S/C17H10Br2O2/c18-14-6-4-12(5-7-14)16-10-13(17(20)21-16)8-11-2-1-3-15(19)9-11/h1-10H/b13-8-. The maximum atomic E-state index is 12.0. The molecule has 1 aliphatic heterocycles. The van der Waals surface area contributed by atoms with Gasteiger partial charge in [-0.05, 0) is 42.0 Å². The fourth-order valence-electron chi connectivity index (χ4n) is 2.02. The van der Waals surface area contributed by atoms with E-state index in [9.17, 15) is 4.79 Å². The van der Waals surface area contributed by atoms with E-state index in [4.69, 9.17) is 4.74 Å². The Morgan fingerprint density at radius 3 is 2.43 bits per heavy atom. The zero-order valence-corrected chi connectivity index (χ0v) is 14.0. The van der Waals surface area contributed by atoms with Crippen LogP contribution in [0.1, 0.15) is 11.1 Å². The summed E-state index contributed by atoms with van der Waals surface area (Å²) in [4.78, 5) is 12.0. The lowest BCUT2D eigenvalue weighted by atomic mass is 10.1. The molecule has 2 aromatic carbocycles. The Balaban J connectivity index is 1.93. The summed E-state index contributed by atoms with van der Waals surface area (Å²) < 4.78 is 7.29. The summed E-state index contributed by atoms with van der Waals surface area (Å²) in [5, 5.41) is 0. The molecule has 1 aliphatic rings. The summed E-state index contributed by atoms with van der Waals surface area (Å²) in [5.41, 5.74) is 2.37. The molecule has 3 rings (SSSR count). The van der Waals surface area contributed by atoms with Crippen molar-refractivity contribution in [2.45, 2.75) is 0 Å². The van der Waals surface area contributed by atoms with E-state index in [0.29, 0.717) is 11.3 Å². The largest absolute Gasteiger partial charge is 0.422 e. The smallest absolute Gasteiger partial charge is 0.343 e. The van der Waals surface area contributed by atoms with Crippen molar-refractivity contribution in [1.29, 1.82) is 0 Å². The first-order valence-corrected chi connectivity index (χ1v) is 7.87. The zero-order valence-electron chi connectivity index (χ0n) is 10.8. The molecule has 2 nitrogen and oxygen atoms in total. The quantitative estimate of drug-likeness (QED) is 0.507. The van der Waals surface area contributed by atoms with Crippen molar-refractivity contribution in [2.75, 3.05) is 0 Å². The van der Waals surface area contributed by atoms with Gasteiger partial charge in [-0.3, -0.25) is 0 Å². The molecule has 0 radical (unpaired) electrons. The van der Waals surface area contributed by atoms with Crippen LogP contribution in [0.3, 0.4) is 0 Å². The van der Waals surface area contributed by atoms with E-state index in [1.165, 1.54) is 0 Å². The maximum absolute atomic E-state index is 12.0. The van der Waals surface area contributed by atoms with E-state index >= 15 is 0 Å². The second kappa shape index (κ2) is 6.00. The molecule has 0 fully saturated rings. The van der Waals surface area contributed by atoms with Gasteiger partial charge in [0.05, 0.1) is 5.57 Å². The average molecular weight is 406 g/mol. The van der Waals surface area contributed by atoms with E-state index in [1.54, 1.807) is 6.08 Å². The minimum Gasteiger partial charge on any atom is -0.422 e. The summed E-state index contributed by atoms with van der Waals surface area (Å²) in [7, 11) is 0. The van der Waals surface area contributed by atoms with Crippen LogP contribution in [0.2, 0.25) is 0 Å². The van der Waals surface area contributed by atoms with Crippen LogP contribution < -0.4 is 0 Å². The van der Waals surface area contributed by atoms with Gasteiger partial charge in [-0.1, -0.05) is 56.1 Å². The van der Waals surface area contributed by atoms with Gasteiger partial charge in [-0.25, -0.2) is 4.79 Å². The first kappa shape index (κ1) is 14.3. The molecule has 0 saturated carbocycles. The van der Waals surface area contributed by atoms with Crippen LogP contribution in [0.25, 0.3) is 11.8 Å². The van der Waals surface area contributed by atoms with Gasteiger partial charge < -0.3 is 4.74 Å². The normalized spacial score (nSPS) is 16.0. The van der Waals surface area contributed by atoms with Crippen molar-refractivity contribution in [2.24, 2.45) is 0 Å². The molecular formula is C17H10Br2O2. The molecule has 104 valence electrons.